The molecule has 0 bridgehead atoms. The Hall–Kier alpha value is -0.930. The molecule has 3 heteroatoms. The Balaban J connectivity index is 2.88. The van der Waals surface area contributed by atoms with Gasteiger partial charge in [0.15, 0.2) is 0 Å². The van der Waals surface area contributed by atoms with Gasteiger partial charge in [0.25, 0.3) is 0 Å². The van der Waals surface area contributed by atoms with E-state index in [1.54, 1.807) is 13.1 Å². The summed E-state index contributed by atoms with van der Waals surface area (Å²) in [5.74, 6) is 0. The summed E-state index contributed by atoms with van der Waals surface area (Å²) >= 11 is 0. The van der Waals surface area contributed by atoms with Crippen LogP contribution in [-0.2, 0) is 0 Å². The topological polar surface area (TPSA) is 59.1 Å². The van der Waals surface area contributed by atoms with Crippen molar-refractivity contribution in [3.63, 3.8) is 0 Å². The average Bonchev–Trinajstić information content (AvgIpc) is 2.03. The van der Waals surface area contributed by atoms with Crippen LogP contribution in [0.15, 0.2) is 18.3 Å². The highest BCUT2D eigenvalue weighted by Gasteiger charge is 2.12. The van der Waals surface area contributed by atoms with Crippen LogP contribution in [0.1, 0.15) is 24.3 Å². The van der Waals surface area contributed by atoms with E-state index in [1.165, 1.54) is 0 Å². The van der Waals surface area contributed by atoms with E-state index >= 15 is 0 Å². The molecule has 3 nitrogen and oxygen atoms in total. The second-order valence-corrected chi connectivity index (χ2v) is 3.06. The first-order valence-corrected chi connectivity index (χ1v) is 3.97. The first-order valence-electron chi connectivity index (χ1n) is 3.97. The van der Waals surface area contributed by atoms with Crippen LogP contribution in [0.5, 0.6) is 0 Å². The summed E-state index contributed by atoms with van der Waals surface area (Å²) in [6.07, 6.45) is 1.01. The molecule has 0 aliphatic heterocycles. The molecule has 0 aliphatic carbocycles. The van der Waals surface area contributed by atoms with Crippen LogP contribution in [-0.4, -0.2) is 16.1 Å². The van der Waals surface area contributed by atoms with Gasteiger partial charge in [-0.05, 0) is 31.5 Å². The van der Waals surface area contributed by atoms with Gasteiger partial charge in [-0.25, -0.2) is 0 Å². The number of nitrogens with zero attached hydrogens (tertiary/aromatic N) is 1. The van der Waals surface area contributed by atoms with Crippen LogP contribution in [0.25, 0.3) is 0 Å². The van der Waals surface area contributed by atoms with Crippen molar-refractivity contribution in [1.82, 2.24) is 4.98 Å². The van der Waals surface area contributed by atoms with Gasteiger partial charge in [-0.3, -0.25) is 4.98 Å². The van der Waals surface area contributed by atoms with Crippen molar-refractivity contribution in [3.8, 4) is 0 Å². The number of pyridine rings is 1. The minimum Gasteiger partial charge on any atom is -0.385 e. The Morgan fingerprint density at radius 3 is 2.75 bits per heavy atom. The fourth-order valence-corrected chi connectivity index (χ4v) is 0.991. The summed E-state index contributed by atoms with van der Waals surface area (Å²) < 4.78 is 0. The van der Waals surface area contributed by atoms with Gasteiger partial charge in [-0.2, -0.15) is 0 Å². The molecule has 1 aromatic heterocycles. The molecule has 0 aromatic carbocycles. The fraction of sp³-hybridized carbons (Fsp3) is 0.444. The number of aliphatic hydroxyl groups is 1. The third kappa shape index (κ3) is 2.03. The standard InChI is InChI=1S/C9H14N2O/c1-6-3-4-11-8(5-6)9(12)7(2)10/h3-5,7,9,12H,10H2,1-2H3. The van der Waals surface area contributed by atoms with Crippen LogP contribution >= 0.6 is 0 Å². The fourth-order valence-electron chi connectivity index (χ4n) is 0.991. The number of aromatic nitrogens is 1. The monoisotopic (exact) mass is 166 g/mol. The van der Waals surface area contributed by atoms with Gasteiger partial charge in [0.2, 0.25) is 0 Å². The molecule has 0 spiro atoms. The summed E-state index contributed by atoms with van der Waals surface area (Å²) in [5.41, 5.74) is 7.25. The second-order valence-electron chi connectivity index (χ2n) is 3.06. The number of hydrogen-bond donors (Lipinski definition) is 2. The third-order valence-corrected chi connectivity index (χ3v) is 1.74. The molecule has 0 aliphatic rings. The maximum atomic E-state index is 9.53. The Morgan fingerprint density at radius 2 is 2.25 bits per heavy atom. The highest BCUT2D eigenvalue weighted by atomic mass is 16.3. The number of aliphatic hydroxyl groups excluding tert-OH is 1. The normalized spacial score (nSPS) is 15.7. The summed E-state index contributed by atoms with van der Waals surface area (Å²) in [6.45, 7) is 3.72. The van der Waals surface area contributed by atoms with E-state index < -0.39 is 6.10 Å². The predicted molar refractivity (Wildman–Crippen MR) is 47.6 cm³/mol. The molecule has 0 saturated carbocycles. The van der Waals surface area contributed by atoms with Crippen LogP contribution in [0, 0.1) is 6.92 Å². The lowest BCUT2D eigenvalue weighted by Gasteiger charge is -2.13. The van der Waals surface area contributed by atoms with Crippen molar-refractivity contribution in [3.05, 3.63) is 29.6 Å². The van der Waals surface area contributed by atoms with Gasteiger partial charge in [0, 0.05) is 12.2 Å². The van der Waals surface area contributed by atoms with Crippen molar-refractivity contribution < 1.29 is 5.11 Å². The molecule has 0 amide bonds. The molecule has 66 valence electrons. The summed E-state index contributed by atoms with van der Waals surface area (Å²) in [6, 6.07) is 3.45. The van der Waals surface area contributed by atoms with Gasteiger partial charge >= 0.3 is 0 Å². The molecule has 2 unspecified atom stereocenters. The van der Waals surface area contributed by atoms with Crippen LogP contribution < -0.4 is 5.73 Å². The molecule has 3 N–H and O–H groups in total. The zero-order chi connectivity index (χ0) is 9.14. The van der Waals surface area contributed by atoms with E-state index in [4.69, 9.17) is 5.73 Å². The number of rotatable bonds is 2. The number of aryl methyl sites for hydroxylation is 1. The lowest BCUT2D eigenvalue weighted by Crippen LogP contribution is -2.25. The molecular weight excluding hydrogens is 152 g/mol. The van der Waals surface area contributed by atoms with Gasteiger partial charge in [-0.1, -0.05) is 0 Å². The number of nitrogens with two attached hydrogens (primary N) is 1. The van der Waals surface area contributed by atoms with Crippen LogP contribution in [0.3, 0.4) is 0 Å². The van der Waals surface area contributed by atoms with E-state index in [9.17, 15) is 5.11 Å². The molecule has 12 heavy (non-hydrogen) atoms. The summed E-state index contributed by atoms with van der Waals surface area (Å²) in [5, 5.41) is 9.53. The summed E-state index contributed by atoms with van der Waals surface area (Å²) in [7, 11) is 0. The highest BCUT2D eigenvalue weighted by Crippen LogP contribution is 2.13. The minimum absolute atomic E-state index is 0.278. The lowest BCUT2D eigenvalue weighted by atomic mass is 10.1. The maximum absolute atomic E-state index is 9.53. The minimum atomic E-state index is -0.662. The summed E-state index contributed by atoms with van der Waals surface area (Å²) in [4.78, 5) is 4.03. The Morgan fingerprint density at radius 1 is 1.58 bits per heavy atom. The quantitative estimate of drug-likeness (QED) is 0.682. The maximum Gasteiger partial charge on any atom is 0.111 e. The van der Waals surface area contributed by atoms with Gasteiger partial charge in [0.05, 0.1) is 5.69 Å². The van der Waals surface area contributed by atoms with Crippen LogP contribution in [0.2, 0.25) is 0 Å². The van der Waals surface area contributed by atoms with Crippen molar-refractivity contribution in [2.45, 2.75) is 26.0 Å². The van der Waals surface area contributed by atoms with E-state index in [0.29, 0.717) is 5.69 Å². The molecular formula is C9H14N2O. The molecule has 0 fully saturated rings. The van der Waals surface area contributed by atoms with Crippen molar-refractivity contribution in [1.29, 1.82) is 0 Å². The second kappa shape index (κ2) is 3.65. The number of hydrogen-bond acceptors (Lipinski definition) is 3. The zero-order valence-electron chi connectivity index (χ0n) is 7.36. The van der Waals surface area contributed by atoms with Crippen molar-refractivity contribution in [2.24, 2.45) is 5.73 Å². The molecule has 0 radical (unpaired) electrons. The molecule has 2 atom stereocenters. The highest BCUT2D eigenvalue weighted by molar-refractivity contribution is 5.16. The van der Waals surface area contributed by atoms with Crippen molar-refractivity contribution in [2.75, 3.05) is 0 Å². The predicted octanol–water partition coefficient (Wildman–Crippen LogP) is 0.771. The Kier molecular flexibility index (Phi) is 2.78. The molecule has 0 saturated heterocycles. The van der Waals surface area contributed by atoms with E-state index in [1.807, 2.05) is 19.1 Å². The largest absolute Gasteiger partial charge is 0.385 e. The average molecular weight is 166 g/mol. The Bertz CT molecular complexity index is 260. The zero-order valence-corrected chi connectivity index (χ0v) is 7.36. The Labute approximate surface area is 72.2 Å². The molecule has 1 rings (SSSR count). The van der Waals surface area contributed by atoms with Crippen molar-refractivity contribution >= 4 is 0 Å². The lowest BCUT2D eigenvalue weighted by molar-refractivity contribution is 0.148. The molecule has 1 heterocycles. The SMILES string of the molecule is Cc1ccnc(C(O)C(C)N)c1. The van der Waals surface area contributed by atoms with E-state index in [-0.39, 0.29) is 6.04 Å². The van der Waals surface area contributed by atoms with E-state index in [2.05, 4.69) is 4.98 Å². The van der Waals surface area contributed by atoms with Gasteiger partial charge in [0.1, 0.15) is 6.10 Å². The van der Waals surface area contributed by atoms with Gasteiger partial charge < -0.3 is 10.8 Å². The third-order valence-electron chi connectivity index (χ3n) is 1.74. The van der Waals surface area contributed by atoms with Gasteiger partial charge in [-0.15, -0.1) is 0 Å². The van der Waals surface area contributed by atoms with E-state index in [0.717, 1.165) is 5.56 Å². The first-order chi connectivity index (χ1) is 5.61. The molecule has 1 aromatic rings. The van der Waals surface area contributed by atoms with Crippen LogP contribution in [0.4, 0.5) is 0 Å². The first kappa shape index (κ1) is 9.16. The smallest absolute Gasteiger partial charge is 0.111 e.